The Labute approximate surface area is 113 Å². The van der Waals surface area contributed by atoms with Gasteiger partial charge in [0.2, 0.25) is 0 Å². The van der Waals surface area contributed by atoms with E-state index in [0.717, 1.165) is 0 Å². The maximum atomic E-state index is 13.0. The number of benzene rings is 1. The molecule has 0 fully saturated rings. The molecule has 100 valence electrons. The Kier molecular flexibility index (Phi) is 5.31. The van der Waals surface area contributed by atoms with Gasteiger partial charge in [-0.15, -0.1) is 0 Å². The highest BCUT2D eigenvalue weighted by molar-refractivity contribution is 7.64. The van der Waals surface area contributed by atoms with E-state index in [1.54, 1.807) is 24.3 Å². The maximum absolute atomic E-state index is 13.0. The Hall–Kier alpha value is -1.61. The molecule has 0 aliphatic rings. The lowest BCUT2D eigenvalue weighted by atomic mass is 10.1. The second kappa shape index (κ2) is 6.53. The topological polar surface area (TPSA) is 84.9 Å². The number of nitrogens with zero attached hydrogens (tertiary/aromatic N) is 2. The van der Waals surface area contributed by atoms with Crippen LogP contribution in [0, 0.1) is 22.7 Å². The minimum absolute atomic E-state index is 0.117. The summed E-state index contributed by atoms with van der Waals surface area (Å²) in [5.41, 5.74) is 0.564. The molecule has 1 aromatic carbocycles. The number of aliphatic hydroxyl groups is 1. The average Bonchev–Trinajstić information content (AvgIpc) is 2.43. The van der Waals surface area contributed by atoms with Crippen LogP contribution in [0.5, 0.6) is 0 Å². The lowest BCUT2D eigenvalue weighted by Crippen LogP contribution is -2.24. The molecule has 4 nitrogen and oxygen atoms in total. The Morgan fingerprint density at radius 1 is 1.16 bits per heavy atom. The molecule has 0 aliphatic carbocycles. The molecule has 1 N–H and O–H groups in total. The van der Waals surface area contributed by atoms with Gasteiger partial charge in [0.15, 0.2) is 0 Å². The minimum atomic E-state index is -3.07. The van der Waals surface area contributed by atoms with E-state index in [9.17, 15) is 9.67 Å². The highest BCUT2D eigenvalue weighted by atomic mass is 31.2. The molecule has 0 aromatic heterocycles. The van der Waals surface area contributed by atoms with Crippen molar-refractivity contribution in [2.75, 3.05) is 12.3 Å². The van der Waals surface area contributed by atoms with E-state index in [1.165, 1.54) is 6.92 Å². The number of hydrogen-bond acceptors (Lipinski definition) is 4. The van der Waals surface area contributed by atoms with E-state index < -0.39 is 12.5 Å². The highest BCUT2D eigenvalue weighted by Gasteiger charge is 2.42. The smallest absolute Gasteiger partial charge is 0.139 e. The molecular formula is C14H17N2O2P. The quantitative estimate of drug-likeness (QED) is 0.809. The summed E-state index contributed by atoms with van der Waals surface area (Å²) in [4.78, 5) is 0. The van der Waals surface area contributed by atoms with E-state index in [0.29, 0.717) is 5.56 Å². The first-order chi connectivity index (χ1) is 8.98. The molecule has 0 aliphatic heterocycles. The molecule has 5 heteroatoms. The van der Waals surface area contributed by atoms with Crippen LogP contribution in [0.15, 0.2) is 30.3 Å². The van der Waals surface area contributed by atoms with Crippen molar-refractivity contribution in [2.24, 2.45) is 0 Å². The second-order valence-electron chi connectivity index (χ2n) is 4.54. The molecule has 1 rings (SSSR count). The Morgan fingerprint density at radius 3 is 2.05 bits per heavy atom. The van der Waals surface area contributed by atoms with Crippen molar-refractivity contribution >= 4 is 7.14 Å². The summed E-state index contributed by atoms with van der Waals surface area (Å²) in [7, 11) is -3.07. The third kappa shape index (κ3) is 3.44. The van der Waals surface area contributed by atoms with Gasteiger partial charge in [-0.3, -0.25) is 0 Å². The molecular weight excluding hydrogens is 259 g/mol. The van der Waals surface area contributed by atoms with Crippen LogP contribution in [0.3, 0.4) is 0 Å². The summed E-state index contributed by atoms with van der Waals surface area (Å²) in [6.07, 6.45) is 0.498. The summed E-state index contributed by atoms with van der Waals surface area (Å²) < 4.78 is 13.0. The third-order valence-corrected chi connectivity index (χ3v) is 7.02. The van der Waals surface area contributed by atoms with Crippen LogP contribution < -0.4 is 0 Å². The predicted molar refractivity (Wildman–Crippen MR) is 73.8 cm³/mol. The molecule has 1 atom stereocenters. The number of nitriles is 2. The summed E-state index contributed by atoms with van der Waals surface area (Å²) in [6, 6.07) is 12.7. The van der Waals surface area contributed by atoms with Crippen LogP contribution in [0.4, 0.5) is 0 Å². The summed E-state index contributed by atoms with van der Waals surface area (Å²) in [5, 5.41) is 26.5. The zero-order valence-electron chi connectivity index (χ0n) is 10.9. The van der Waals surface area contributed by atoms with Gasteiger partial charge in [0.25, 0.3) is 0 Å². The van der Waals surface area contributed by atoms with Crippen molar-refractivity contribution in [3.8, 4) is 12.1 Å². The highest BCUT2D eigenvalue weighted by Crippen LogP contribution is 2.62. The van der Waals surface area contributed by atoms with E-state index in [1.807, 2.05) is 18.2 Å². The lowest BCUT2D eigenvalue weighted by Gasteiger charge is -2.33. The van der Waals surface area contributed by atoms with Gasteiger partial charge >= 0.3 is 0 Å². The first kappa shape index (κ1) is 15.4. The van der Waals surface area contributed by atoms with Gasteiger partial charge in [0, 0.05) is 25.2 Å². The van der Waals surface area contributed by atoms with E-state index in [4.69, 9.17) is 10.5 Å². The monoisotopic (exact) mass is 276 g/mol. The third-order valence-electron chi connectivity index (χ3n) is 3.28. The van der Waals surface area contributed by atoms with Gasteiger partial charge in [-0.2, -0.15) is 10.5 Å². The second-order valence-corrected chi connectivity index (χ2v) is 8.08. The number of rotatable bonds is 6. The van der Waals surface area contributed by atoms with Crippen LogP contribution >= 0.6 is 7.14 Å². The van der Waals surface area contributed by atoms with Crippen LogP contribution in [-0.4, -0.2) is 17.4 Å². The molecule has 0 spiro atoms. The molecule has 0 saturated heterocycles. The van der Waals surface area contributed by atoms with E-state index in [2.05, 4.69) is 0 Å². The zero-order chi connectivity index (χ0) is 14.4. The van der Waals surface area contributed by atoms with Gasteiger partial charge in [-0.05, 0) is 12.5 Å². The Morgan fingerprint density at radius 2 is 1.63 bits per heavy atom. The first-order valence-electron chi connectivity index (χ1n) is 6.08. The van der Waals surface area contributed by atoms with Crippen LogP contribution in [0.25, 0.3) is 0 Å². The standard InChI is InChI=1S/C14H17N2O2P/c1-14(17,13-7-3-2-4-8-13)19(18,11-5-9-15)12-6-10-16/h2-4,7-8,17H,5-6,11-12H2,1H3. The molecule has 0 amide bonds. The largest absolute Gasteiger partial charge is 0.378 e. The molecule has 19 heavy (non-hydrogen) atoms. The fourth-order valence-electron chi connectivity index (χ4n) is 2.00. The van der Waals surface area contributed by atoms with Crippen molar-refractivity contribution in [1.29, 1.82) is 10.5 Å². The molecule has 0 bridgehead atoms. The average molecular weight is 276 g/mol. The van der Waals surface area contributed by atoms with Gasteiger partial charge in [-0.1, -0.05) is 30.3 Å². The minimum Gasteiger partial charge on any atom is -0.378 e. The zero-order valence-corrected chi connectivity index (χ0v) is 11.8. The lowest BCUT2D eigenvalue weighted by molar-refractivity contribution is 0.142. The maximum Gasteiger partial charge on any atom is 0.139 e. The van der Waals surface area contributed by atoms with Crippen molar-refractivity contribution in [3.63, 3.8) is 0 Å². The molecule has 0 radical (unpaired) electrons. The van der Waals surface area contributed by atoms with Crippen LogP contribution in [-0.2, 0) is 9.91 Å². The van der Waals surface area contributed by atoms with E-state index >= 15 is 0 Å². The Balaban J connectivity index is 3.13. The van der Waals surface area contributed by atoms with Gasteiger partial charge in [-0.25, -0.2) is 0 Å². The summed E-state index contributed by atoms with van der Waals surface area (Å²) >= 11 is 0. The van der Waals surface area contributed by atoms with Crippen molar-refractivity contribution in [2.45, 2.75) is 25.1 Å². The number of hydrogen-bond donors (Lipinski definition) is 1. The first-order valence-corrected chi connectivity index (χ1v) is 8.15. The Bertz CT molecular complexity index is 519. The van der Waals surface area contributed by atoms with Crippen molar-refractivity contribution in [3.05, 3.63) is 35.9 Å². The fourth-order valence-corrected chi connectivity index (χ4v) is 4.63. The van der Waals surface area contributed by atoms with Gasteiger partial charge in [0.1, 0.15) is 12.5 Å². The molecule has 0 heterocycles. The molecule has 1 unspecified atom stereocenters. The van der Waals surface area contributed by atoms with E-state index in [-0.39, 0.29) is 25.2 Å². The normalized spacial score (nSPS) is 14.1. The van der Waals surface area contributed by atoms with Crippen LogP contribution in [0.1, 0.15) is 25.3 Å². The van der Waals surface area contributed by atoms with Crippen molar-refractivity contribution < 1.29 is 9.67 Å². The van der Waals surface area contributed by atoms with Gasteiger partial charge < -0.3 is 9.67 Å². The molecule has 1 aromatic rings. The summed E-state index contributed by atoms with van der Waals surface area (Å²) in [5.74, 6) is 0. The van der Waals surface area contributed by atoms with Gasteiger partial charge in [0.05, 0.1) is 12.1 Å². The fraction of sp³-hybridized carbons (Fsp3) is 0.429. The van der Waals surface area contributed by atoms with Crippen molar-refractivity contribution in [1.82, 2.24) is 0 Å². The van der Waals surface area contributed by atoms with Crippen LogP contribution in [0.2, 0.25) is 0 Å². The molecule has 0 saturated carbocycles. The SMILES string of the molecule is CC(O)(c1ccccc1)P(=O)(CCC#N)CCC#N. The predicted octanol–water partition coefficient (Wildman–Crippen LogP) is 3.04. The summed E-state index contributed by atoms with van der Waals surface area (Å²) in [6.45, 7) is 1.51.